The Morgan fingerprint density at radius 2 is 2.33 bits per heavy atom. The Hall–Kier alpha value is -1.98. The van der Waals surface area contributed by atoms with Crippen LogP contribution in [0.2, 0.25) is 0 Å². The highest BCUT2D eigenvalue weighted by Crippen LogP contribution is 2.07. The van der Waals surface area contributed by atoms with Crippen LogP contribution in [0.4, 0.5) is 4.39 Å². The van der Waals surface area contributed by atoms with Crippen molar-refractivity contribution in [2.45, 2.75) is 13.3 Å². The Bertz CT molecular complexity index is 451. The molecule has 0 unspecified atom stereocenters. The molecule has 0 atom stereocenters. The van der Waals surface area contributed by atoms with E-state index in [0.29, 0.717) is 18.5 Å². The van der Waals surface area contributed by atoms with Crippen molar-refractivity contribution >= 4 is 0 Å². The molecule has 1 aromatic carbocycles. The van der Waals surface area contributed by atoms with Crippen LogP contribution in [-0.4, -0.2) is 6.54 Å². The molecule has 0 saturated carbocycles. The van der Waals surface area contributed by atoms with E-state index in [2.05, 4.69) is 21.9 Å². The first-order valence-electron chi connectivity index (χ1n) is 4.50. The third kappa shape index (κ3) is 3.72. The molecule has 1 rings (SSSR count). The number of aryl methyl sites for hydroxylation is 1. The number of rotatable bonds is 2. The van der Waals surface area contributed by atoms with Crippen molar-refractivity contribution in [3.05, 3.63) is 45.6 Å². The molecule has 4 heteroatoms. The molecule has 0 aliphatic heterocycles. The van der Waals surface area contributed by atoms with Gasteiger partial charge in [-0.25, -0.2) is 4.39 Å². The molecule has 0 aromatic heterocycles. The van der Waals surface area contributed by atoms with E-state index in [1.807, 2.05) is 0 Å². The van der Waals surface area contributed by atoms with Crippen LogP contribution in [0.25, 0.3) is 10.4 Å². The lowest BCUT2D eigenvalue weighted by Crippen LogP contribution is -1.83. The van der Waals surface area contributed by atoms with Gasteiger partial charge in [0.2, 0.25) is 0 Å². The molecule has 76 valence electrons. The monoisotopic (exact) mass is 203 g/mol. The van der Waals surface area contributed by atoms with Gasteiger partial charge in [0, 0.05) is 23.4 Å². The summed E-state index contributed by atoms with van der Waals surface area (Å²) in [6.45, 7) is 2.06. The molecular weight excluding hydrogens is 193 g/mol. The van der Waals surface area contributed by atoms with Crippen molar-refractivity contribution < 1.29 is 4.39 Å². The van der Waals surface area contributed by atoms with Gasteiger partial charge >= 0.3 is 0 Å². The molecule has 3 nitrogen and oxygen atoms in total. The number of hydrogen-bond acceptors (Lipinski definition) is 1. The molecule has 0 aliphatic rings. The molecule has 0 fully saturated rings. The molecule has 0 spiro atoms. The zero-order valence-electron chi connectivity index (χ0n) is 8.37. The largest absolute Gasteiger partial charge is 0.207 e. The minimum atomic E-state index is -0.227. The second kappa shape index (κ2) is 5.69. The number of halogens is 1. The summed E-state index contributed by atoms with van der Waals surface area (Å²) in [5.41, 5.74) is 9.37. The van der Waals surface area contributed by atoms with Crippen LogP contribution >= 0.6 is 0 Å². The third-order valence-electron chi connectivity index (χ3n) is 1.79. The van der Waals surface area contributed by atoms with Gasteiger partial charge in [-0.2, -0.15) is 0 Å². The van der Waals surface area contributed by atoms with Crippen molar-refractivity contribution in [1.29, 1.82) is 0 Å². The summed E-state index contributed by atoms with van der Waals surface area (Å²) in [4.78, 5) is 2.61. The zero-order valence-corrected chi connectivity index (χ0v) is 8.37. The van der Waals surface area contributed by atoms with E-state index >= 15 is 0 Å². The Morgan fingerprint density at radius 3 is 3.00 bits per heavy atom. The van der Waals surface area contributed by atoms with Gasteiger partial charge in [0.1, 0.15) is 5.82 Å². The summed E-state index contributed by atoms with van der Waals surface area (Å²) >= 11 is 0. The van der Waals surface area contributed by atoms with Crippen molar-refractivity contribution in [2.24, 2.45) is 5.11 Å². The molecule has 0 bridgehead atoms. The van der Waals surface area contributed by atoms with Gasteiger partial charge in [0.15, 0.2) is 0 Å². The molecule has 1 aromatic rings. The van der Waals surface area contributed by atoms with Gasteiger partial charge < -0.3 is 0 Å². The Kier molecular flexibility index (Phi) is 4.21. The van der Waals surface area contributed by atoms with Crippen LogP contribution in [-0.2, 0) is 0 Å². The Balaban J connectivity index is 2.64. The van der Waals surface area contributed by atoms with E-state index in [4.69, 9.17) is 5.53 Å². The topological polar surface area (TPSA) is 48.8 Å². The predicted molar refractivity (Wildman–Crippen MR) is 56.6 cm³/mol. The van der Waals surface area contributed by atoms with E-state index in [1.165, 1.54) is 6.07 Å². The van der Waals surface area contributed by atoms with Crippen molar-refractivity contribution in [3.63, 3.8) is 0 Å². The van der Waals surface area contributed by atoms with Crippen LogP contribution in [0.5, 0.6) is 0 Å². The fourth-order valence-corrected chi connectivity index (χ4v) is 1.04. The summed E-state index contributed by atoms with van der Waals surface area (Å²) in [6.07, 6.45) is 0.514. The minimum Gasteiger partial charge on any atom is -0.207 e. The second-order valence-corrected chi connectivity index (χ2v) is 2.97. The van der Waals surface area contributed by atoms with E-state index < -0.39 is 0 Å². The Morgan fingerprint density at radius 1 is 1.53 bits per heavy atom. The fraction of sp³-hybridized carbons (Fsp3) is 0.273. The van der Waals surface area contributed by atoms with Crippen LogP contribution in [0.3, 0.4) is 0 Å². The lowest BCUT2D eigenvalue weighted by atomic mass is 10.1. The molecule has 0 heterocycles. The van der Waals surface area contributed by atoms with Gasteiger partial charge in [-0.3, -0.25) is 0 Å². The van der Waals surface area contributed by atoms with E-state index in [0.717, 1.165) is 5.56 Å². The van der Waals surface area contributed by atoms with E-state index in [9.17, 15) is 4.39 Å². The average Bonchev–Trinajstić information content (AvgIpc) is 2.23. The van der Waals surface area contributed by atoms with Crippen LogP contribution in [0.1, 0.15) is 17.5 Å². The van der Waals surface area contributed by atoms with Gasteiger partial charge in [-0.1, -0.05) is 17.0 Å². The van der Waals surface area contributed by atoms with E-state index in [1.54, 1.807) is 19.1 Å². The molecule has 0 radical (unpaired) electrons. The molecule has 0 N–H and O–H groups in total. The lowest BCUT2D eigenvalue weighted by molar-refractivity contribution is 0.618. The molecule has 0 aliphatic carbocycles. The predicted octanol–water partition coefficient (Wildman–Crippen LogP) is 3.19. The highest BCUT2D eigenvalue weighted by atomic mass is 19.1. The SMILES string of the molecule is Cc1cc(C#CCCN=[N+]=[N-])ccc1F. The summed E-state index contributed by atoms with van der Waals surface area (Å²) in [5.74, 6) is 5.49. The highest BCUT2D eigenvalue weighted by Gasteiger charge is 1.95. The van der Waals surface area contributed by atoms with E-state index in [-0.39, 0.29) is 5.82 Å². The van der Waals surface area contributed by atoms with Crippen molar-refractivity contribution in [1.82, 2.24) is 0 Å². The maximum absolute atomic E-state index is 12.9. The first kappa shape index (κ1) is 11.1. The summed E-state index contributed by atoms with van der Waals surface area (Å²) < 4.78 is 12.9. The highest BCUT2D eigenvalue weighted by molar-refractivity contribution is 5.37. The normalized spacial score (nSPS) is 8.67. The van der Waals surface area contributed by atoms with Crippen molar-refractivity contribution in [3.8, 4) is 11.8 Å². The zero-order chi connectivity index (χ0) is 11.1. The number of azide groups is 1. The Labute approximate surface area is 87.6 Å². The maximum atomic E-state index is 12.9. The van der Waals surface area contributed by atoms with Crippen LogP contribution in [0.15, 0.2) is 23.3 Å². The molecule has 0 amide bonds. The van der Waals surface area contributed by atoms with Gasteiger partial charge in [0.25, 0.3) is 0 Å². The quantitative estimate of drug-likeness (QED) is 0.233. The minimum absolute atomic E-state index is 0.227. The summed E-state index contributed by atoms with van der Waals surface area (Å²) in [6, 6.07) is 4.71. The summed E-state index contributed by atoms with van der Waals surface area (Å²) in [5, 5.41) is 3.35. The van der Waals surface area contributed by atoms with Gasteiger partial charge in [-0.15, -0.1) is 0 Å². The first-order valence-corrected chi connectivity index (χ1v) is 4.50. The van der Waals surface area contributed by atoms with Crippen molar-refractivity contribution in [2.75, 3.05) is 6.54 Å². The first-order chi connectivity index (χ1) is 7.24. The van der Waals surface area contributed by atoms with Crippen LogP contribution < -0.4 is 0 Å². The molecule has 15 heavy (non-hydrogen) atoms. The smallest absolute Gasteiger partial charge is 0.126 e. The number of benzene rings is 1. The number of nitrogens with zero attached hydrogens (tertiary/aromatic N) is 3. The van der Waals surface area contributed by atoms with Gasteiger partial charge in [0.05, 0.1) is 0 Å². The van der Waals surface area contributed by atoms with Crippen LogP contribution in [0, 0.1) is 24.6 Å². The third-order valence-corrected chi connectivity index (χ3v) is 1.79. The average molecular weight is 203 g/mol. The molecule has 0 saturated heterocycles. The second-order valence-electron chi connectivity index (χ2n) is 2.97. The fourth-order valence-electron chi connectivity index (χ4n) is 1.04. The van der Waals surface area contributed by atoms with Gasteiger partial charge in [-0.05, 0) is 36.2 Å². The summed E-state index contributed by atoms with van der Waals surface area (Å²) in [7, 11) is 0. The maximum Gasteiger partial charge on any atom is 0.126 e. The lowest BCUT2D eigenvalue weighted by Gasteiger charge is -1.95. The standard InChI is InChI=1S/C11H10FN3/c1-9-8-10(5-6-11(9)12)4-2-3-7-14-15-13/h5-6,8H,3,7H2,1H3. The number of hydrogen-bond donors (Lipinski definition) is 0. The molecular formula is C11H10FN3.